The molecule has 1 aromatic rings. The first-order chi connectivity index (χ1) is 10.8. The third-order valence-electron chi connectivity index (χ3n) is 3.71. The van der Waals surface area contributed by atoms with Gasteiger partial charge < -0.3 is 19.6 Å². The fourth-order valence-corrected chi connectivity index (χ4v) is 2.49. The van der Waals surface area contributed by atoms with Crippen molar-refractivity contribution in [2.45, 2.75) is 19.4 Å². The maximum absolute atomic E-state index is 12.6. The molecule has 1 unspecified atom stereocenters. The van der Waals surface area contributed by atoms with E-state index in [1.165, 1.54) is 15.9 Å². The number of phenols is 1. The summed E-state index contributed by atoms with van der Waals surface area (Å²) in [5, 5.41) is 10.1. The van der Waals surface area contributed by atoms with E-state index in [1.807, 2.05) is 0 Å². The van der Waals surface area contributed by atoms with Gasteiger partial charge in [-0.3, -0.25) is 9.59 Å². The van der Waals surface area contributed by atoms with Crippen LogP contribution in [0.3, 0.4) is 0 Å². The van der Waals surface area contributed by atoms with Crippen LogP contribution in [0.2, 0.25) is 0 Å². The molecule has 0 bridgehead atoms. The van der Waals surface area contributed by atoms with Crippen molar-refractivity contribution in [2.75, 3.05) is 27.2 Å². The predicted molar refractivity (Wildman–Crippen MR) is 82.7 cm³/mol. The highest BCUT2D eigenvalue weighted by Crippen LogP contribution is 2.26. The minimum atomic E-state index is -0.453. The van der Waals surface area contributed by atoms with Crippen LogP contribution in [0.4, 0.5) is 4.79 Å². The van der Waals surface area contributed by atoms with E-state index >= 15 is 0 Å². The lowest BCUT2D eigenvalue weighted by Crippen LogP contribution is -2.33. The standard InChI is InChI=1S/C16H20N2O5/c1-10-6-11(9-19)14(20)13(7-10)15(21)18-5-4-12(8-18)23-16(22)17(2)3/h6-7,9,12,20H,4-5,8H2,1-3H3. The molecular weight excluding hydrogens is 300 g/mol. The van der Waals surface area contributed by atoms with Crippen LogP contribution in [0.25, 0.3) is 0 Å². The van der Waals surface area contributed by atoms with Crippen LogP contribution in [-0.2, 0) is 4.74 Å². The van der Waals surface area contributed by atoms with E-state index in [0.717, 1.165) is 0 Å². The van der Waals surface area contributed by atoms with Crippen LogP contribution in [-0.4, -0.2) is 66.5 Å². The van der Waals surface area contributed by atoms with Crippen LogP contribution in [0.15, 0.2) is 12.1 Å². The Bertz CT molecular complexity index is 642. The van der Waals surface area contributed by atoms with Crippen LogP contribution >= 0.6 is 0 Å². The fraction of sp³-hybridized carbons (Fsp3) is 0.438. The molecule has 1 aromatic carbocycles. The molecule has 1 atom stereocenters. The summed E-state index contributed by atoms with van der Waals surface area (Å²) in [5.74, 6) is -0.693. The van der Waals surface area contributed by atoms with Gasteiger partial charge in [0.2, 0.25) is 0 Å². The van der Waals surface area contributed by atoms with E-state index in [2.05, 4.69) is 0 Å². The molecule has 0 aliphatic carbocycles. The first kappa shape index (κ1) is 16.8. The largest absolute Gasteiger partial charge is 0.506 e. The van der Waals surface area contributed by atoms with Gasteiger partial charge in [-0.2, -0.15) is 0 Å². The van der Waals surface area contributed by atoms with Gasteiger partial charge in [0, 0.05) is 27.1 Å². The quantitative estimate of drug-likeness (QED) is 0.851. The van der Waals surface area contributed by atoms with Crippen LogP contribution in [0, 0.1) is 6.92 Å². The van der Waals surface area contributed by atoms with Gasteiger partial charge >= 0.3 is 6.09 Å². The minimum Gasteiger partial charge on any atom is -0.506 e. The molecule has 0 saturated carbocycles. The number of phenolic OH excluding ortho intramolecular Hbond substituents is 1. The molecule has 2 rings (SSSR count). The number of aryl methyl sites for hydroxylation is 1. The van der Waals surface area contributed by atoms with Gasteiger partial charge in [-0.25, -0.2) is 4.79 Å². The van der Waals surface area contributed by atoms with E-state index in [-0.39, 0.29) is 35.4 Å². The Labute approximate surface area is 134 Å². The van der Waals surface area contributed by atoms with Gasteiger partial charge in [0.1, 0.15) is 11.9 Å². The number of hydrogen-bond donors (Lipinski definition) is 1. The Morgan fingerprint density at radius 2 is 2.09 bits per heavy atom. The smallest absolute Gasteiger partial charge is 0.409 e. The van der Waals surface area contributed by atoms with Gasteiger partial charge in [-0.15, -0.1) is 0 Å². The van der Waals surface area contributed by atoms with Crippen LogP contribution in [0.5, 0.6) is 5.75 Å². The lowest BCUT2D eigenvalue weighted by molar-refractivity contribution is 0.0663. The van der Waals surface area contributed by atoms with Gasteiger partial charge in [-0.05, 0) is 24.6 Å². The van der Waals surface area contributed by atoms with Crippen molar-refractivity contribution >= 4 is 18.3 Å². The van der Waals surface area contributed by atoms with Crippen molar-refractivity contribution in [1.82, 2.24) is 9.80 Å². The zero-order valence-electron chi connectivity index (χ0n) is 13.4. The number of likely N-dealkylation sites (tertiary alicyclic amines) is 1. The SMILES string of the molecule is Cc1cc(C=O)c(O)c(C(=O)N2CCC(OC(=O)N(C)C)C2)c1. The van der Waals surface area contributed by atoms with E-state index in [0.29, 0.717) is 24.8 Å². The lowest BCUT2D eigenvalue weighted by Gasteiger charge is -2.19. The second-order valence-electron chi connectivity index (χ2n) is 5.81. The number of hydrogen-bond acceptors (Lipinski definition) is 5. The molecule has 1 fully saturated rings. The first-order valence-electron chi connectivity index (χ1n) is 7.29. The summed E-state index contributed by atoms with van der Waals surface area (Å²) in [6, 6.07) is 3.06. The Morgan fingerprint density at radius 3 is 2.70 bits per heavy atom. The first-order valence-corrected chi connectivity index (χ1v) is 7.29. The van der Waals surface area contributed by atoms with Crippen LogP contribution < -0.4 is 0 Å². The molecule has 1 N–H and O–H groups in total. The summed E-state index contributed by atoms with van der Waals surface area (Å²) in [7, 11) is 3.18. The Hall–Kier alpha value is -2.57. The molecule has 0 spiro atoms. The van der Waals surface area contributed by atoms with Gasteiger partial charge in [0.25, 0.3) is 5.91 Å². The van der Waals surface area contributed by atoms with Crippen molar-refractivity contribution < 1.29 is 24.2 Å². The molecule has 7 heteroatoms. The van der Waals surface area contributed by atoms with Crippen molar-refractivity contribution in [3.05, 3.63) is 28.8 Å². The average Bonchev–Trinajstić information content (AvgIpc) is 2.96. The molecule has 1 heterocycles. The summed E-state index contributed by atoms with van der Waals surface area (Å²) in [4.78, 5) is 37.9. The van der Waals surface area contributed by atoms with E-state index in [4.69, 9.17) is 4.74 Å². The highest BCUT2D eigenvalue weighted by molar-refractivity contribution is 6.00. The number of ether oxygens (including phenoxy) is 1. The minimum absolute atomic E-state index is 0.0862. The summed E-state index contributed by atoms with van der Waals surface area (Å²) < 4.78 is 5.26. The number of carbonyl (C=O) groups excluding carboxylic acids is 3. The summed E-state index contributed by atoms with van der Waals surface area (Å²) >= 11 is 0. The normalized spacial score (nSPS) is 17.0. The van der Waals surface area contributed by atoms with Crippen LogP contribution in [0.1, 0.15) is 32.7 Å². The molecule has 7 nitrogen and oxygen atoms in total. The zero-order chi connectivity index (χ0) is 17.1. The molecule has 1 saturated heterocycles. The zero-order valence-corrected chi connectivity index (χ0v) is 13.4. The van der Waals surface area contributed by atoms with Crippen molar-refractivity contribution in [2.24, 2.45) is 0 Å². The van der Waals surface area contributed by atoms with Crippen molar-refractivity contribution in [1.29, 1.82) is 0 Å². The van der Waals surface area contributed by atoms with E-state index in [1.54, 1.807) is 27.1 Å². The highest BCUT2D eigenvalue weighted by Gasteiger charge is 2.31. The molecule has 2 amide bonds. The number of rotatable bonds is 3. The Kier molecular flexibility index (Phi) is 4.88. The summed E-state index contributed by atoms with van der Waals surface area (Å²) in [6.07, 6.45) is 0.237. The van der Waals surface area contributed by atoms with Gasteiger partial charge in [0.15, 0.2) is 6.29 Å². The molecule has 1 aliphatic rings. The highest BCUT2D eigenvalue weighted by atomic mass is 16.6. The van der Waals surface area contributed by atoms with E-state index < -0.39 is 6.09 Å². The third kappa shape index (κ3) is 3.61. The second-order valence-corrected chi connectivity index (χ2v) is 5.81. The number of aromatic hydroxyl groups is 1. The molecule has 23 heavy (non-hydrogen) atoms. The predicted octanol–water partition coefficient (Wildman–Crippen LogP) is 1.43. The molecular formula is C16H20N2O5. The Morgan fingerprint density at radius 1 is 1.39 bits per heavy atom. The molecule has 124 valence electrons. The van der Waals surface area contributed by atoms with Crippen molar-refractivity contribution in [3.63, 3.8) is 0 Å². The van der Waals surface area contributed by atoms with Gasteiger partial charge in [0.05, 0.1) is 17.7 Å². The summed E-state index contributed by atoms with van der Waals surface area (Å²) in [6.45, 7) is 2.44. The lowest BCUT2D eigenvalue weighted by atomic mass is 10.0. The maximum atomic E-state index is 12.6. The summed E-state index contributed by atoms with van der Waals surface area (Å²) in [5.41, 5.74) is 0.887. The second kappa shape index (κ2) is 6.68. The number of carbonyl (C=O) groups is 3. The molecule has 1 aliphatic heterocycles. The maximum Gasteiger partial charge on any atom is 0.409 e. The monoisotopic (exact) mass is 320 g/mol. The van der Waals surface area contributed by atoms with Gasteiger partial charge in [-0.1, -0.05) is 0 Å². The topological polar surface area (TPSA) is 87.1 Å². The molecule has 0 aromatic heterocycles. The number of nitrogens with zero attached hydrogens (tertiary/aromatic N) is 2. The third-order valence-corrected chi connectivity index (χ3v) is 3.71. The van der Waals surface area contributed by atoms with Crippen molar-refractivity contribution in [3.8, 4) is 5.75 Å². The number of benzene rings is 1. The number of aldehydes is 1. The fourth-order valence-electron chi connectivity index (χ4n) is 2.49. The number of amides is 2. The Balaban J connectivity index is 2.12. The van der Waals surface area contributed by atoms with E-state index in [9.17, 15) is 19.5 Å². The average molecular weight is 320 g/mol. The molecule has 0 radical (unpaired) electrons.